The molecule has 1 saturated carbocycles. The number of amides is 3. The topological polar surface area (TPSA) is 91.0 Å². The predicted octanol–water partition coefficient (Wildman–Crippen LogP) is 1.90. The van der Waals surface area contributed by atoms with E-state index in [2.05, 4.69) is 22.4 Å². The molecular weight excluding hydrogens is 354 g/mol. The minimum atomic E-state index is -0.543. The molecule has 0 spiro atoms. The van der Waals surface area contributed by atoms with E-state index in [-0.39, 0.29) is 29.9 Å². The number of rotatable bonds is 3. The van der Waals surface area contributed by atoms with Crippen LogP contribution in [-0.4, -0.2) is 59.4 Å². The molecule has 3 N–H and O–H groups in total. The van der Waals surface area contributed by atoms with Crippen molar-refractivity contribution in [2.75, 3.05) is 20.1 Å². The molecule has 2 heterocycles. The van der Waals surface area contributed by atoms with Crippen LogP contribution >= 0.6 is 0 Å². The highest BCUT2D eigenvalue weighted by atomic mass is 16.2. The number of urea groups is 1. The number of guanidine groups is 1. The number of likely N-dealkylation sites (tertiary alicyclic amines) is 1. The fraction of sp³-hybridized carbons (Fsp3) is 0.571. The van der Waals surface area contributed by atoms with Crippen molar-refractivity contribution in [3.63, 3.8) is 0 Å². The van der Waals surface area contributed by atoms with Crippen molar-refractivity contribution in [2.24, 2.45) is 16.6 Å². The van der Waals surface area contributed by atoms with Crippen LogP contribution in [-0.2, 0) is 4.79 Å². The molecule has 0 radical (unpaired) electrons. The van der Waals surface area contributed by atoms with Crippen LogP contribution in [0, 0.1) is 5.92 Å². The zero-order valence-electron chi connectivity index (χ0n) is 16.6. The fourth-order valence-electron chi connectivity index (χ4n) is 4.51. The van der Waals surface area contributed by atoms with E-state index in [1.165, 1.54) is 10.5 Å². The van der Waals surface area contributed by atoms with Gasteiger partial charge in [0.15, 0.2) is 5.96 Å². The van der Waals surface area contributed by atoms with Crippen LogP contribution in [0.15, 0.2) is 35.3 Å². The Balaban J connectivity index is 1.38. The zero-order valence-corrected chi connectivity index (χ0v) is 16.6. The number of benzene rings is 1. The van der Waals surface area contributed by atoms with E-state index in [0.717, 1.165) is 25.8 Å². The largest absolute Gasteiger partial charge is 0.369 e. The van der Waals surface area contributed by atoms with Crippen molar-refractivity contribution in [3.05, 3.63) is 35.9 Å². The van der Waals surface area contributed by atoms with Gasteiger partial charge in [0, 0.05) is 38.0 Å². The second-order valence-corrected chi connectivity index (χ2v) is 8.55. The van der Waals surface area contributed by atoms with E-state index in [1.807, 2.05) is 30.0 Å². The minimum Gasteiger partial charge on any atom is -0.369 e. The van der Waals surface area contributed by atoms with E-state index in [4.69, 9.17) is 5.73 Å². The van der Waals surface area contributed by atoms with E-state index in [1.54, 1.807) is 7.05 Å². The lowest BCUT2D eigenvalue weighted by atomic mass is 9.77. The van der Waals surface area contributed by atoms with E-state index >= 15 is 0 Å². The van der Waals surface area contributed by atoms with Gasteiger partial charge in [-0.15, -0.1) is 0 Å². The molecular formula is C21H29N5O2. The summed E-state index contributed by atoms with van der Waals surface area (Å²) in [5, 5.41) is 3.18. The number of hydrogen-bond acceptors (Lipinski definition) is 4. The van der Waals surface area contributed by atoms with Crippen molar-refractivity contribution < 1.29 is 9.59 Å². The Kier molecular flexibility index (Phi) is 4.77. The molecule has 3 amide bonds. The lowest BCUT2D eigenvalue weighted by Crippen LogP contribution is -2.55. The normalized spacial score (nSPS) is 32.7. The fourth-order valence-corrected chi connectivity index (χ4v) is 4.51. The molecule has 0 bridgehead atoms. The summed E-state index contributed by atoms with van der Waals surface area (Å²) in [6.45, 7) is 3.34. The number of hydrogen-bond donors (Lipinski definition) is 2. The first kappa shape index (κ1) is 18.8. The monoisotopic (exact) mass is 383 g/mol. The standard InChI is InChI=1S/C21H29N5O2/c1-21(12-18(27)25(2)19(22)24-21)15-9-6-10-26(13-15)20(28)23-17-11-16(17)14-7-4-3-5-8-14/h3-5,7-8,15-17H,6,9-13H2,1-2H3,(H2,22,24)(H,23,28)/t15?,16-,17+,21-/m0/s1. The van der Waals surface area contributed by atoms with E-state index < -0.39 is 5.54 Å². The highest BCUT2D eigenvalue weighted by Gasteiger charge is 2.44. The summed E-state index contributed by atoms with van der Waals surface area (Å²) < 4.78 is 0. The average molecular weight is 383 g/mol. The molecule has 0 aromatic heterocycles. The first-order valence-corrected chi connectivity index (χ1v) is 10.1. The van der Waals surface area contributed by atoms with Gasteiger partial charge in [0.05, 0.1) is 12.0 Å². The maximum absolute atomic E-state index is 12.8. The van der Waals surface area contributed by atoms with Gasteiger partial charge < -0.3 is 16.0 Å². The molecule has 2 fully saturated rings. The SMILES string of the molecule is CN1C(=O)C[C@@](C)(C2CCCN(C(=O)N[C@@H]3C[C@H]3c3ccccc3)C2)N=C1N. The van der Waals surface area contributed by atoms with E-state index in [0.29, 0.717) is 18.9 Å². The number of piperidine rings is 1. The number of carbonyl (C=O) groups is 2. The molecule has 28 heavy (non-hydrogen) atoms. The molecule has 1 aliphatic carbocycles. The second-order valence-electron chi connectivity index (χ2n) is 8.55. The van der Waals surface area contributed by atoms with Gasteiger partial charge in [-0.05, 0) is 31.7 Å². The Morgan fingerprint density at radius 3 is 2.79 bits per heavy atom. The maximum atomic E-state index is 12.8. The maximum Gasteiger partial charge on any atom is 0.317 e. The van der Waals surface area contributed by atoms with Crippen molar-refractivity contribution in [1.29, 1.82) is 0 Å². The molecule has 4 atom stereocenters. The second kappa shape index (κ2) is 7.11. The third kappa shape index (κ3) is 3.57. The van der Waals surface area contributed by atoms with Crippen LogP contribution in [0.4, 0.5) is 4.79 Å². The Hall–Kier alpha value is -2.57. The van der Waals surface area contributed by atoms with Crippen LogP contribution < -0.4 is 11.1 Å². The summed E-state index contributed by atoms with van der Waals surface area (Å²) in [6, 6.07) is 10.5. The molecule has 7 nitrogen and oxygen atoms in total. The van der Waals surface area contributed by atoms with Crippen LogP contribution in [0.1, 0.15) is 44.1 Å². The number of nitrogens with one attached hydrogen (secondary N) is 1. The Bertz CT molecular complexity index is 795. The molecule has 4 rings (SSSR count). The number of nitrogens with zero attached hydrogens (tertiary/aromatic N) is 3. The van der Waals surface area contributed by atoms with Gasteiger partial charge in [-0.3, -0.25) is 9.69 Å². The van der Waals surface area contributed by atoms with Gasteiger partial charge in [0.2, 0.25) is 5.91 Å². The van der Waals surface area contributed by atoms with Crippen molar-refractivity contribution >= 4 is 17.9 Å². The van der Waals surface area contributed by atoms with Crippen LogP contribution in [0.2, 0.25) is 0 Å². The third-order valence-corrected chi connectivity index (χ3v) is 6.51. The molecule has 3 aliphatic rings. The lowest BCUT2D eigenvalue weighted by Gasteiger charge is -2.43. The highest BCUT2D eigenvalue weighted by molar-refractivity contribution is 5.98. The quantitative estimate of drug-likeness (QED) is 0.835. The minimum absolute atomic E-state index is 0.00654. The highest BCUT2D eigenvalue weighted by Crippen LogP contribution is 2.41. The number of nitrogens with two attached hydrogens (primary N) is 1. The molecule has 150 valence electrons. The third-order valence-electron chi connectivity index (χ3n) is 6.51. The summed E-state index contributed by atoms with van der Waals surface area (Å²) in [7, 11) is 1.65. The summed E-state index contributed by atoms with van der Waals surface area (Å²) >= 11 is 0. The molecule has 1 unspecified atom stereocenters. The van der Waals surface area contributed by atoms with Gasteiger partial charge in [0.25, 0.3) is 0 Å². The van der Waals surface area contributed by atoms with Crippen molar-refractivity contribution in [2.45, 2.75) is 50.1 Å². The first-order chi connectivity index (χ1) is 13.4. The average Bonchev–Trinajstić information content (AvgIpc) is 3.46. The Morgan fingerprint density at radius 2 is 2.07 bits per heavy atom. The van der Waals surface area contributed by atoms with Crippen LogP contribution in [0.25, 0.3) is 0 Å². The van der Waals surface area contributed by atoms with Gasteiger partial charge in [-0.2, -0.15) is 0 Å². The Labute approximate surface area is 166 Å². The van der Waals surface area contributed by atoms with Crippen LogP contribution in [0.3, 0.4) is 0 Å². The van der Waals surface area contributed by atoms with Crippen molar-refractivity contribution in [3.8, 4) is 0 Å². The first-order valence-electron chi connectivity index (χ1n) is 10.1. The smallest absolute Gasteiger partial charge is 0.317 e. The summed E-state index contributed by atoms with van der Waals surface area (Å²) in [6.07, 6.45) is 3.19. The number of carbonyl (C=O) groups excluding carboxylic acids is 2. The zero-order chi connectivity index (χ0) is 19.9. The molecule has 1 saturated heterocycles. The van der Waals surface area contributed by atoms with Gasteiger partial charge in [0.1, 0.15) is 0 Å². The summed E-state index contributed by atoms with van der Waals surface area (Å²) in [4.78, 5) is 33.0. The lowest BCUT2D eigenvalue weighted by molar-refractivity contribution is -0.129. The molecule has 7 heteroatoms. The predicted molar refractivity (Wildman–Crippen MR) is 108 cm³/mol. The van der Waals surface area contributed by atoms with Crippen molar-refractivity contribution in [1.82, 2.24) is 15.1 Å². The molecule has 2 aliphatic heterocycles. The van der Waals surface area contributed by atoms with Gasteiger partial charge in [-0.25, -0.2) is 9.79 Å². The molecule has 1 aromatic carbocycles. The Morgan fingerprint density at radius 1 is 1.32 bits per heavy atom. The summed E-state index contributed by atoms with van der Waals surface area (Å²) in [5.74, 6) is 0.802. The van der Waals surface area contributed by atoms with E-state index in [9.17, 15) is 9.59 Å². The molecule has 1 aromatic rings. The van der Waals surface area contributed by atoms with Gasteiger partial charge in [-0.1, -0.05) is 30.3 Å². The number of aliphatic imine (C=N–C) groups is 1. The summed E-state index contributed by atoms with van der Waals surface area (Å²) in [5.41, 5.74) is 6.69. The van der Waals surface area contributed by atoms with Crippen LogP contribution in [0.5, 0.6) is 0 Å². The van der Waals surface area contributed by atoms with Gasteiger partial charge >= 0.3 is 6.03 Å².